The normalized spacial score (nSPS) is 15.7. The van der Waals surface area contributed by atoms with E-state index in [1.165, 1.54) is 11.8 Å². The number of nitrogens with zero attached hydrogens (tertiary/aromatic N) is 4. The predicted octanol–water partition coefficient (Wildman–Crippen LogP) is 5.69. The summed E-state index contributed by atoms with van der Waals surface area (Å²) in [5.41, 5.74) is -0.688. The van der Waals surface area contributed by atoms with Gasteiger partial charge in [0.25, 0.3) is 0 Å². The first-order valence-corrected chi connectivity index (χ1v) is 11.7. The number of nitriles is 1. The summed E-state index contributed by atoms with van der Waals surface area (Å²) < 4.78 is 5.38. The quantitative estimate of drug-likeness (QED) is 0.584. The van der Waals surface area contributed by atoms with Crippen molar-refractivity contribution in [2.45, 2.75) is 61.6 Å². The molecule has 7 nitrogen and oxygen atoms in total. The van der Waals surface area contributed by atoms with Gasteiger partial charge in [-0.25, -0.2) is 14.8 Å². The van der Waals surface area contributed by atoms with E-state index in [9.17, 15) is 10.1 Å². The highest BCUT2D eigenvalue weighted by atomic mass is 35.5. The number of alkyl carbamates (subject to hydrolysis) is 1. The monoisotopic (exact) mass is 493 g/mol. The second-order valence-corrected chi connectivity index (χ2v) is 10.6. The Bertz CT molecular complexity index is 1040. The van der Waals surface area contributed by atoms with Gasteiger partial charge in [-0.05, 0) is 52.7 Å². The van der Waals surface area contributed by atoms with E-state index in [0.717, 1.165) is 0 Å². The van der Waals surface area contributed by atoms with E-state index in [0.29, 0.717) is 51.7 Å². The van der Waals surface area contributed by atoms with Crippen molar-refractivity contribution in [1.29, 1.82) is 5.26 Å². The van der Waals surface area contributed by atoms with Gasteiger partial charge in [-0.2, -0.15) is 5.26 Å². The van der Waals surface area contributed by atoms with Crippen LogP contribution in [-0.2, 0) is 4.74 Å². The third-order valence-corrected chi connectivity index (χ3v) is 6.93. The summed E-state index contributed by atoms with van der Waals surface area (Å²) in [6.07, 6.45) is 2.67. The second-order valence-electron chi connectivity index (χ2n) is 8.82. The van der Waals surface area contributed by atoms with Gasteiger partial charge in [-0.3, -0.25) is 0 Å². The number of hydrogen-bond acceptors (Lipinski definition) is 7. The number of hydrogen-bond donors (Lipinski definition) is 1. The predicted molar refractivity (Wildman–Crippen MR) is 127 cm³/mol. The van der Waals surface area contributed by atoms with Gasteiger partial charge in [0, 0.05) is 23.5 Å². The number of carbonyl (C=O) groups excluding carboxylic acids is 1. The zero-order chi connectivity index (χ0) is 23.5. The lowest BCUT2D eigenvalue weighted by Crippen LogP contribution is -2.54. The molecule has 1 aliphatic rings. The van der Waals surface area contributed by atoms with Crippen molar-refractivity contribution < 1.29 is 9.53 Å². The summed E-state index contributed by atoms with van der Waals surface area (Å²) in [6.45, 7) is 8.85. The van der Waals surface area contributed by atoms with Gasteiger partial charge in [0.15, 0.2) is 5.69 Å². The lowest BCUT2D eigenvalue weighted by Gasteiger charge is -2.40. The van der Waals surface area contributed by atoms with Crippen LogP contribution < -0.4 is 10.2 Å². The first kappa shape index (κ1) is 24.4. The van der Waals surface area contributed by atoms with Crippen LogP contribution in [0.3, 0.4) is 0 Å². The molecule has 1 aliphatic heterocycles. The Hall–Kier alpha value is -2.21. The summed E-state index contributed by atoms with van der Waals surface area (Å²) in [6, 6.07) is 7.44. The van der Waals surface area contributed by atoms with Crippen molar-refractivity contribution >= 4 is 46.9 Å². The number of anilines is 1. The van der Waals surface area contributed by atoms with Crippen LogP contribution in [-0.4, -0.2) is 40.3 Å². The van der Waals surface area contributed by atoms with E-state index in [4.69, 9.17) is 27.9 Å². The number of halogens is 2. The van der Waals surface area contributed by atoms with Gasteiger partial charge in [-0.1, -0.05) is 41.0 Å². The maximum absolute atomic E-state index is 12.2. The molecule has 32 heavy (non-hydrogen) atoms. The van der Waals surface area contributed by atoms with Crippen molar-refractivity contribution in [1.82, 2.24) is 15.3 Å². The number of carbonyl (C=O) groups is 1. The van der Waals surface area contributed by atoms with Crippen LogP contribution in [0.25, 0.3) is 0 Å². The molecule has 1 amide bonds. The van der Waals surface area contributed by atoms with E-state index >= 15 is 0 Å². The van der Waals surface area contributed by atoms with Gasteiger partial charge < -0.3 is 15.0 Å². The van der Waals surface area contributed by atoms with E-state index < -0.39 is 11.7 Å². The number of amides is 1. The molecule has 0 unspecified atom stereocenters. The molecular formula is C22H25Cl2N5O2S. The minimum Gasteiger partial charge on any atom is -0.444 e. The fourth-order valence-electron chi connectivity index (χ4n) is 3.24. The molecule has 1 N–H and O–H groups in total. The van der Waals surface area contributed by atoms with Gasteiger partial charge in [0.2, 0.25) is 0 Å². The average Bonchev–Trinajstić information content (AvgIpc) is 2.70. The van der Waals surface area contributed by atoms with Crippen molar-refractivity contribution in [3.63, 3.8) is 0 Å². The van der Waals surface area contributed by atoms with E-state index in [1.54, 1.807) is 18.3 Å². The maximum Gasteiger partial charge on any atom is 0.408 e. The lowest BCUT2D eigenvalue weighted by molar-refractivity contribution is 0.0448. The van der Waals surface area contributed by atoms with Crippen LogP contribution in [0.1, 0.15) is 46.2 Å². The topological polar surface area (TPSA) is 91.1 Å². The van der Waals surface area contributed by atoms with E-state index in [1.807, 2.05) is 33.8 Å². The molecule has 0 radical (unpaired) electrons. The Kier molecular flexibility index (Phi) is 7.43. The fourth-order valence-corrected chi connectivity index (χ4v) is 4.56. The molecule has 0 aliphatic carbocycles. The van der Waals surface area contributed by atoms with Crippen molar-refractivity contribution in [3.05, 3.63) is 40.1 Å². The molecule has 0 atom stereocenters. The molecule has 1 fully saturated rings. The average molecular weight is 494 g/mol. The third kappa shape index (κ3) is 6.18. The summed E-state index contributed by atoms with van der Waals surface area (Å²) in [7, 11) is 0. The molecule has 2 aromatic rings. The minimum absolute atomic E-state index is 0.226. The summed E-state index contributed by atoms with van der Waals surface area (Å²) in [5.74, 6) is 0.627. The summed E-state index contributed by atoms with van der Waals surface area (Å²) in [4.78, 5) is 23.9. The molecular weight excluding hydrogens is 469 g/mol. The van der Waals surface area contributed by atoms with Crippen LogP contribution >= 0.6 is 35.0 Å². The van der Waals surface area contributed by atoms with Crippen LogP contribution in [0, 0.1) is 11.3 Å². The minimum atomic E-state index is -0.542. The van der Waals surface area contributed by atoms with Gasteiger partial charge in [0.05, 0.1) is 16.2 Å². The molecule has 2 heterocycles. The maximum atomic E-state index is 12.2. The van der Waals surface area contributed by atoms with Crippen molar-refractivity contribution in [2.24, 2.45) is 0 Å². The van der Waals surface area contributed by atoms with Gasteiger partial charge >= 0.3 is 6.09 Å². The number of aromatic nitrogens is 2. The first-order valence-electron chi connectivity index (χ1n) is 10.1. The molecule has 170 valence electrons. The molecule has 0 bridgehead atoms. The summed E-state index contributed by atoms with van der Waals surface area (Å²) >= 11 is 13.6. The van der Waals surface area contributed by atoms with Crippen LogP contribution in [0.4, 0.5) is 10.6 Å². The summed E-state index contributed by atoms with van der Waals surface area (Å²) in [5, 5.41) is 13.9. The largest absolute Gasteiger partial charge is 0.444 e. The molecule has 10 heteroatoms. The molecule has 1 aromatic carbocycles. The van der Waals surface area contributed by atoms with Gasteiger partial charge in [0.1, 0.15) is 22.5 Å². The Labute approximate surface area is 202 Å². The van der Waals surface area contributed by atoms with E-state index in [-0.39, 0.29) is 11.2 Å². The molecule has 3 rings (SSSR count). The Balaban J connectivity index is 1.68. The highest BCUT2D eigenvalue weighted by Gasteiger charge is 2.33. The smallest absolute Gasteiger partial charge is 0.408 e. The SMILES string of the molecule is CC1(NC(=O)OC(C)(C)C)CCN(c2cnc(Sc3cccc(Cl)c3Cl)c(C#N)n2)CC1. The number of piperidine rings is 1. The first-order chi connectivity index (χ1) is 15.0. The number of rotatable bonds is 4. The van der Waals surface area contributed by atoms with Crippen molar-refractivity contribution in [3.8, 4) is 6.07 Å². The zero-order valence-electron chi connectivity index (χ0n) is 18.4. The molecule has 1 saturated heterocycles. The number of benzene rings is 1. The highest BCUT2D eigenvalue weighted by Crippen LogP contribution is 2.37. The van der Waals surface area contributed by atoms with E-state index in [2.05, 4.69) is 26.3 Å². The Morgan fingerprint density at radius 3 is 2.62 bits per heavy atom. The third-order valence-electron chi connectivity index (χ3n) is 4.95. The van der Waals surface area contributed by atoms with Crippen LogP contribution in [0.15, 0.2) is 34.3 Å². The molecule has 0 spiro atoms. The van der Waals surface area contributed by atoms with Crippen molar-refractivity contribution in [2.75, 3.05) is 18.0 Å². The Morgan fingerprint density at radius 1 is 1.31 bits per heavy atom. The lowest BCUT2D eigenvalue weighted by atomic mass is 9.90. The Morgan fingerprint density at radius 2 is 2.00 bits per heavy atom. The zero-order valence-corrected chi connectivity index (χ0v) is 20.7. The number of nitrogens with one attached hydrogen (secondary N) is 1. The molecule has 0 saturated carbocycles. The second kappa shape index (κ2) is 9.74. The highest BCUT2D eigenvalue weighted by molar-refractivity contribution is 7.99. The molecule has 1 aromatic heterocycles. The van der Waals surface area contributed by atoms with Gasteiger partial charge in [-0.15, -0.1) is 0 Å². The standard InChI is InChI=1S/C22H25Cl2N5O2S/c1-21(2,3)31-20(30)28-22(4)8-10-29(11-9-22)17-13-26-19(15(12-25)27-17)32-16-7-5-6-14(23)18(16)24/h5-7,13H,8-11H2,1-4H3,(H,28,30). The number of ether oxygens (including phenoxy) is 1. The van der Waals surface area contributed by atoms with Crippen LogP contribution in [0.5, 0.6) is 0 Å². The fraction of sp³-hybridized carbons (Fsp3) is 0.455. The van der Waals surface area contributed by atoms with Crippen LogP contribution in [0.2, 0.25) is 10.0 Å².